The Balaban J connectivity index is 1.82. The number of rotatable bonds is 10. The molecule has 2 rings (SSSR count). The number of nitriles is 1. The Morgan fingerprint density at radius 3 is 2.48 bits per heavy atom. The first-order chi connectivity index (χ1) is 12.9. The van der Waals surface area contributed by atoms with Gasteiger partial charge in [-0.3, -0.25) is 0 Å². The lowest BCUT2D eigenvalue weighted by molar-refractivity contribution is -0.893. The van der Waals surface area contributed by atoms with Crippen molar-refractivity contribution in [1.29, 1.82) is 5.26 Å². The smallest absolute Gasteiger partial charge is 0.137 e. The van der Waals surface area contributed by atoms with Gasteiger partial charge in [-0.2, -0.15) is 5.26 Å². The third-order valence-electron chi connectivity index (χ3n) is 4.54. The molecule has 0 aliphatic rings. The van der Waals surface area contributed by atoms with Crippen molar-refractivity contribution < 1.29 is 19.1 Å². The number of quaternary nitrogens is 1. The molecule has 0 aliphatic heterocycles. The Hall–Kier alpha value is -2.55. The summed E-state index contributed by atoms with van der Waals surface area (Å²) in [7, 11) is 5.88. The molecule has 0 bridgehead atoms. The van der Waals surface area contributed by atoms with Gasteiger partial charge in [-0.25, -0.2) is 0 Å². The van der Waals surface area contributed by atoms with Gasteiger partial charge in [0.15, 0.2) is 0 Å². The molecule has 0 saturated heterocycles. The summed E-state index contributed by atoms with van der Waals surface area (Å²) in [6.07, 6.45) is 0.650. The molecule has 1 N–H and O–H groups in total. The van der Waals surface area contributed by atoms with E-state index in [9.17, 15) is 5.11 Å². The quantitative estimate of drug-likeness (QED) is 0.654. The van der Waals surface area contributed by atoms with Gasteiger partial charge in [-0.05, 0) is 23.8 Å². The van der Waals surface area contributed by atoms with E-state index < -0.39 is 6.10 Å². The predicted molar refractivity (Wildman–Crippen MR) is 106 cm³/mol. The fourth-order valence-electron chi connectivity index (χ4n) is 3.00. The molecule has 0 aromatic heterocycles. The van der Waals surface area contributed by atoms with Gasteiger partial charge in [0.05, 0.1) is 40.2 Å². The number of hydrogen-bond donors (Lipinski definition) is 1. The fourth-order valence-corrected chi connectivity index (χ4v) is 3.00. The summed E-state index contributed by atoms with van der Waals surface area (Å²) in [5, 5.41) is 19.3. The van der Waals surface area contributed by atoms with Gasteiger partial charge in [0, 0.05) is 12.0 Å². The Bertz CT molecular complexity index is 751. The minimum atomic E-state index is -0.578. The van der Waals surface area contributed by atoms with E-state index in [2.05, 4.69) is 32.3 Å². The summed E-state index contributed by atoms with van der Waals surface area (Å²) in [6, 6.07) is 17.7. The SMILES string of the molecule is COc1ccc(CC[N+](C)(C)CC(O)COc2ccccc2CC#N)cc1. The van der Waals surface area contributed by atoms with Crippen LogP contribution in [0.2, 0.25) is 0 Å². The van der Waals surface area contributed by atoms with Crippen molar-refractivity contribution in [2.45, 2.75) is 18.9 Å². The second-order valence-corrected chi connectivity index (χ2v) is 7.35. The average molecular weight is 369 g/mol. The lowest BCUT2D eigenvalue weighted by Gasteiger charge is -2.32. The number of hydrogen-bond acceptors (Lipinski definition) is 4. The number of para-hydroxylation sites is 1. The highest BCUT2D eigenvalue weighted by atomic mass is 16.5. The number of benzene rings is 2. The maximum Gasteiger partial charge on any atom is 0.137 e. The first kappa shape index (κ1) is 20.8. The minimum absolute atomic E-state index is 0.215. The minimum Gasteiger partial charge on any atom is -0.497 e. The average Bonchev–Trinajstić information content (AvgIpc) is 2.66. The highest BCUT2D eigenvalue weighted by Crippen LogP contribution is 2.19. The molecule has 0 spiro atoms. The summed E-state index contributed by atoms with van der Waals surface area (Å²) >= 11 is 0. The van der Waals surface area contributed by atoms with E-state index in [0.29, 0.717) is 23.2 Å². The van der Waals surface area contributed by atoms with E-state index in [1.165, 1.54) is 5.56 Å². The molecule has 2 aromatic carbocycles. The molecule has 0 radical (unpaired) electrons. The van der Waals surface area contributed by atoms with E-state index in [0.717, 1.165) is 24.3 Å². The third-order valence-corrected chi connectivity index (χ3v) is 4.54. The molecular weight excluding hydrogens is 340 g/mol. The van der Waals surface area contributed by atoms with Gasteiger partial charge in [0.1, 0.15) is 30.8 Å². The van der Waals surface area contributed by atoms with Crippen LogP contribution in [0.4, 0.5) is 0 Å². The van der Waals surface area contributed by atoms with Crippen molar-refractivity contribution in [3.8, 4) is 17.6 Å². The zero-order valence-electron chi connectivity index (χ0n) is 16.4. The van der Waals surface area contributed by atoms with Crippen LogP contribution in [0.5, 0.6) is 11.5 Å². The zero-order valence-corrected chi connectivity index (χ0v) is 16.4. The second-order valence-electron chi connectivity index (χ2n) is 7.35. The van der Waals surface area contributed by atoms with Crippen molar-refractivity contribution in [2.24, 2.45) is 0 Å². The number of ether oxygens (including phenoxy) is 2. The summed E-state index contributed by atoms with van der Waals surface area (Å²) < 4.78 is 11.6. The molecule has 5 nitrogen and oxygen atoms in total. The molecule has 27 heavy (non-hydrogen) atoms. The van der Waals surface area contributed by atoms with Crippen molar-refractivity contribution in [1.82, 2.24) is 0 Å². The number of nitrogens with zero attached hydrogens (tertiary/aromatic N) is 2. The molecule has 0 saturated carbocycles. The van der Waals surface area contributed by atoms with Crippen LogP contribution in [0.1, 0.15) is 11.1 Å². The molecule has 5 heteroatoms. The van der Waals surface area contributed by atoms with Crippen LogP contribution < -0.4 is 9.47 Å². The van der Waals surface area contributed by atoms with Crippen LogP contribution in [0.15, 0.2) is 48.5 Å². The van der Waals surface area contributed by atoms with Crippen molar-refractivity contribution in [2.75, 3.05) is 40.9 Å². The number of aliphatic hydroxyl groups excluding tert-OH is 1. The molecular formula is C22H29N2O3+. The van der Waals surface area contributed by atoms with Crippen molar-refractivity contribution in [3.63, 3.8) is 0 Å². The molecule has 144 valence electrons. The highest BCUT2D eigenvalue weighted by molar-refractivity contribution is 5.35. The maximum atomic E-state index is 10.4. The molecule has 0 heterocycles. The molecule has 0 amide bonds. The van der Waals surface area contributed by atoms with Gasteiger partial charge in [0.25, 0.3) is 0 Å². The van der Waals surface area contributed by atoms with E-state index in [4.69, 9.17) is 14.7 Å². The molecule has 2 aromatic rings. The number of aliphatic hydroxyl groups is 1. The number of methoxy groups -OCH3 is 1. The topological polar surface area (TPSA) is 62.5 Å². The summed E-state index contributed by atoms with van der Waals surface area (Å²) in [5.74, 6) is 1.53. The van der Waals surface area contributed by atoms with Crippen LogP contribution in [0, 0.1) is 11.3 Å². The van der Waals surface area contributed by atoms with E-state index in [1.54, 1.807) is 7.11 Å². The summed E-state index contributed by atoms with van der Waals surface area (Å²) in [4.78, 5) is 0. The summed E-state index contributed by atoms with van der Waals surface area (Å²) in [6.45, 7) is 1.72. The molecule has 1 unspecified atom stereocenters. The molecule has 0 fully saturated rings. The van der Waals surface area contributed by atoms with Crippen LogP contribution in [-0.4, -0.2) is 56.6 Å². The second kappa shape index (κ2) is 9.96. The first-order valence-electron chi connectivity index (χ1n) is 9.14. The van der Waals surface area contributed by atoms with Crippen molar-refractivity contribution in [3.05, 3.63) is 59.7 Å². The standard InChI is InChI=1S/C22H29N2O3/c1-24(2,15-13-18-8-10-21(26-3)11-9-18)16-20(25)17-27-22-7-5-4-6-19(22)12-14-23/h4-11,20,25H,12-13,15-17H2,1-3H3/q+1. The van der Waals surface area contributed by atoms with Crippen LogP contribution >= 0.6 is 0 Å². The Labute approximate surface area is 162 Å². The monoisotopic (exact) mass is 369 g/mol. The Kier molecular flexibility index (Phi) is 7.66. The van der Waals surface area contributed by atoms with Gasteiger partial charge in [0.2, 0.25) is 0 Å². The first-order valence-corrected chi connectivity index (χ1v) is 9.14. The van der Waals surface area contributed by atoms with Gasteiger partial charge < -0.3 is 19.1 Å². The van der Waals surface area contributed by atoms with E-state index in [1.807, 2.05) is 36.4 Å². The van der Waals surface area contributed by atoms with Gasteiger partial charge in [-0.1, -0.05) is 30.3 Å². The molecule has 1 atom stereocenters. The number of likely N-dealkylation sites (N-methyl/N-ethyl adjacent to an activating group) is 1. The van der Waals surface area contributed by atoms with Crippen molar-refractivity contribution >= 4 is 0 Å². The Morgan fingerprint density at radius 1 is 1.11 bits per heavy atom. The Morgan fingerprint density at radius 2 is 1.81 bits per heavy atom. The fraction of sp³-hybridized carbons (Fsp3) is 0.409. The maximum absolute atomic E-state index is 10.4. The third kappa shape index (κ3) is 6.93. The van der Waals surface area contributed by atoms with Gasteiger partial charge in [-0.15, -0.1) is 0 Å². The zero-order chi connectivity index (χ0) is 19.7. The van der Waals surface area contributed by atoms with Gasteiger partial charge >= 0.3 is 0 Å². The summed E-state index contributed by atoms with van der Waals surface area (Å²) in [5.41, 5.74) is 2.10. The van der Waals surface area contributed by atoms with Crippen LogP contribution in [0.3, 0.4) is 0 Å². The largest absolute Gasteiger partial charge is 0.497 e. The molecule has 0 aliphatic carbocycles. The van der Waals surface area contributed by atoms with E-state index in [-0.39, 0.29) is 6.61 Å². The van der Waals surface area contributed by atoms with Crippen LogP contribution in [0.25, 0.3) is 0 Å². The lowest BCUT2D eigenvalue weighted by Crippen LogP contribution is -2.48. The predicted octanol–water partition coefficient (Wildman–Crippen LogP) is 2.82. The lowest BCUT2D eigenvalue weighted by atomic mass is 10.1. The van der Waals surface area contributed by atoms with E-state index >= 15 is 0 Å². The van der Waals surface area contributed by atoms with Crippen LogP contribution in [-0.2, 0) is 12.8 Å². The normalized spacial score (nSPS) is 12.3. The highest BCUT2D eigenvalue weighted by Gasteiger charge is 2.21.